The highest BCUT2D eigenvalue weighted by Gasteiger charge is 2.28. The summed E-state index contributed by atoms with van der Waals surface area (Å²) in [5, 5.41) is 3.17. The highest BCUT2D eigenvalue weighted by molar-refractivity contribution is 7.79. The van der Waals surface area contributed by atoms with E-state index in [2.05, 4.69) is 5.32 Å². The second-order valence-corrected chi connectivity index (χ2v) is 7.30. The van der Waals surface area contributed by atoms with Crippen LogP contribution in [0.3, 0.4) is 0 Å². The highest BCUT2D eigenvalue weighted by atomic mass is 32.2. The fourth-order valence-electron chi connectivity index (χ4n) is 3.17. The van der Waals surface area contributed by atoms with Crippen molar-refractivity contribution in [3.8, 4) is 0 Å². The number of fused-ring (bicyclic) bond motifs is 2. The lowest BCUT2D eigenvalue weighted by Gasteiger charge is -2.22. The van der Waals surface area contributed by atoms with Crippen LogP contribution in [-0.2, 0) is 11.1 Å². The molecule has 1 amide bonds. The minimum absolute atomic E-state index is 0.0927. The lowest BCUT2D eigenvalue weighted by molar-refractivity contribution is 0.0994. The molecular weight excluding hydrogens is 376 g/mol. The Balaban J connectivity index is 1.72. The van der Waals surface area contributed by atoms with Crippen LogP contribution < -0.4 is 15.1 Å². The van der Waals surface area contributed by atoms with Crippen LogP contribution in [0.1, 0.15) is 10.4 Å². The van der Waals surface area contributed by atoms with Gasteiger partial charge in [0.25, 0.3) is 5.91 Å². The summed E-state index contributed by atoms with van der Waals surface area (Å²) in [5.74, 6) is 1.13. The van der Waals surface area contributed by atoms with E-state index < -0.39 is 11.1 Å². The molecule has 0 saturated heterocycles. The van der Waals surface area contributed by atoms with Crippen LogP contribution in [0, 0.1) is 0 Å². The Morgan fingerprint density at radius 3 is 2.36 bits per heavy atom. The minimum Gasteiger partial charge on any atom is -0.768 e. The maximum absolute atomic E-state index is 12.8. The average Bonchev–Trinajstić information content (AvgIpc) is 2.79. The van der Waals surface area contributed by atoms with E-state index >= 15 is 0 Å². The number of hydrogen-bond donors (Lipinski definition) is 1. The molecule has 1 atom stereocenters. The lowest BCUT2D eigenvalue weighted by atomic mass is 10.1. The van der Waals surface area contributed by atoms with Crippen LogP contribution in [0.25, 0.3) is 0 Å². The van der Waals surface area contributed by atoms with E-state index in [-0.39, 0.29) is 10.8 Å². The number of pyridine rings is 1. The van der Waals surface area contributed by atoms with Crippen molar-refractivity contribution in [1.29, 1.82) is 0 Å². The summed E-state index contributed by atoms with van der Waals surface area (Å²) in [6.07, 6.45) is 0. The Morgan fingerprint density at radius 2 is 1.64 bits per heavy atom. The summed E-state index contributed by atoms with van der Waals surface area (Å²) in [5.41, 5.74) is 2.81. The van der Waals surface area contributed by atoms with Crippen molar-refractivity contribution < 1.29 is 13.6 Å². The number of hydrogen-bond acceptors (Lipinski definition) is 6. The van der Waals surface area contributed by atoms with Crippen LogP contribution >= 0.6 is 0 Å². The van der Waals surface area contributed by atoms with E-state index in [9.17, 15) is 13.6 Å². The maximum atomic E-state index is 12.8. The second kappa shape index (κ2) is 7.06. The third kappa shape index (κ3) is 3.12. The van der Waals surface area contributed by atoms with E-state index in [1.165, 1.54) is 12.1 Å². The van der Waals surface area contributed by atoms with E-state index in [4.69, 9.17) is 4.98 Å². The van der Waals surface area contributed by atoms with Gasteiger partial charge in [0.1, 0.15) is 5.82 Å². The minimum atomic E-state index is -2.26. The van der Waals surface area contributed by atoms with Crippen molar-refractivity contribution in [3.05, 3.63) is 66.2 Å². The number of nitrogens with one attached hydrogen (secondary N) is 1. The topological polar surface area (TPSA) is 88.6 Å². The Morgan fingerprint density at radius 1 is 0.929 bits per heavy atom. The van der Waals surface area contributed by atoms with Crippen molar-refractivity contribution in [1.82, 2.24) is 4.98 Å². The zero-order valence-corrected chi connectivity index (χ0v) is 16.1. The summed E-state index contributed by atoms with van der Waals surface area (Å²) in [7, 11) is 3.60. The summed E-state index contributed by atoms with van der Waals surface area (Å²) in [4.78, 5) is 21.2. The predicted octanol–water partition coefficient (Wildman–Crippen LogP) is 3.42. The standard InChI is InChI=1S/C20H18N4O3S/c1-23-16-6-4-3-5-15(16)20(25)24(2)17-11-12-18(22-19(17)23)21-13-7-9-14(10-8-13)28(26)27/h3-12H,1-2H3,(H,21,22)(H,26,27)/p-1. The monoisotopic (exact) mass is 393 g/mol. The van der Waals surface area contributed by atoms with Crippen molar-refractivity contribution >= 4 is 45.7 Å². The molecule has 2 aromatic carbocycles. The van der Waals surface area contributed by atoms with E-state index in [1.54, 1.807) is 36.2 Å². The summed E-state index contributed by atoms with van der Waals surface area (Å²) < 4.78 is 22.0. The highest BCUT2D eigenvalue weighted by Crippen LogP contribution is 2.38. The molecule has 0 saturated carbocycles. The number of benzene rings is 2. The van der Waals surface area contributed by atoms with E-state index in [1.807, 2.05) is 36.2 Å². The molecule has 0 fully saturated rings. The number of nitrogens with zero attached hydrogens (tertiary/aromatic N) is 3. The van der Waals surface area contributed by atoms with Gasteiger partial charge in [-0.3, -0.25) is 9.00 Å². The molecule has 4 rings (SSSR count). The first-order valence-electron chi connectivity index (χ1n) is 8.54. The van der Waals surface area contributed by atoms with Gasteiger partial charge < -0.3 is 19.7 Å². The zero-order valence-electron chi connectivity index (χ0n) is 15.2. The Labute approximate surface area is 164 Å². The number of amides is 1. The number of anilines is 5. The molecular formula is C20H17N4O3S-. The Hall–Kier alpha value is -3.23. The zero-order chi connectivity index (χ0) is 19.8. The normalized spacial score (nSPS) is 14.2. The van der Waals surface area contributed by atoms with E-state index in [0.29, 0.717) is 28.6 Å². The summed E-state index contributed by atoms with van der Waals surface area (Å²) in [6, 6.07) is 17.4. The summed E-state index contributed by atoms with van der Waals surface area (Å²) in [6.45, 7) is 0. The SMILES string of the molecule is CN1C(=O)c2ccccc2N(C)c2nc(Nc3ccc(S(=O)[O-])cc3)ccc21. The fraction of sp³-hybridized carbons (Fsp3) is 0.100. The van der Waals surface area contributed by atoms with Gasteiger partial charge in [0, 0.05) is 24.7 Å². The molecule has 0 spiro atoms. The molecule has 0 bridgehead atoms. The molecule has 1 unspecified atom stereocenters. The van der Waals surface area contributed by atoms with E-state index in [0.717, 1.165) is 5.69 Å². The molecule has 7 nitrogen and oxygen atoms in total. The molecule has 3 aromatic rings. The molecule has 1 aliphatic heterocycles. The molecule has 28 heavy (non-hydrogen) atoms. The van der Waals surface area contributed by atoms with Gasteiger partial charge in [-0.1, -0.05) is 12.1 Å². The predicted molar refractivity (Wildman–Crippen MR) is 108 cm³/mol. The van der Waals surface area contributed by atoms with Crippen LogP contribution in [0.4, 0.5) is 28.7 Å². The average molecular weight is 393 g/mol. The Bertz CT molecular complexity index is 1090. The number of rotatable bonds is 3. The van der Waals surface area contributed by atoms with Gasteiger partial charge >= 0.3 is 0 Å². The van der Waals surface area contributed by atoms with Gasteiger partial charge in [0.05, 0.1) is 16.9 Å². The van der Waals surface area contributed by atoms with Crippen LogP contribution in [0.2, 0.25) is 0 Å². The number of aromatic nitrogens is 1. The lowest BCUT2D eigenvalue weighted by Crippen LogP contribution is -2.25. The fourth-order valence-corrected chi connectivity index (χ4v) is 3.53. The van der Waals surface area contributed by atoms with Crippen molar-refractivity contribution in [2.24, 2.45) is 0 Å². The molecule has 1 N–H and O–H groups in total. The van der Waals surface area contributed by atoms with Crippen LogP contribution in [0.5, 0.6) is 0 Å². The van der Waals surface area contributed by atoms with Crippen LogP contribution in [0.15, 0.2) is 65.6 Å². The van der Waals surface area contributed by atoms with Gasteiger partial charge in [0.15, 0.2) is 5.82 Å². The molecule has 2 heterocycles. The summed E-state index contributed by atoms with van der Waals surface area (Å²) >= 11 is -2.26. The molecule has 142 valence electrons. The smallest absolute Gasteiger partial charge is 0.260 e. The quantitative estimate of drug-likeness (QED) is 0.686. The van der Waals surface area contributed by atoms with Crippen molar-refractivity contribution in [2.45, 2.75) is 4.90 Å². The van der Waals surface area contributed by atoms with Gasteiger partial charge in [-0.2, -0.15) is 0 Å². The van der Waals surface area contributed by atoms with Gasteiger partial charge in [-0.25, -0.2) is 4.98 Å². The first-order chi connectivity index (χ1) is 13.5. The molecule has 8 heteroatoms. The van der Waals surface area contributed by atoms with Crippen molar-refractivity contribution in [2.75, 3.05) is 29.2 Å². The third-order valence-electron chi connectivity index (χ3n) is 4.65. The van der Waals surface area contributed by atoms with Crippen LogP contribution in [-0.4, -0.2) is 33.7 Å². The van der Waals surface area contributed by atoms with Crippen molar-refractivity contribution in [3.63, 3.8) is 0 Å². The van der Waals surface area contributed by atoms with Gasteiger partial charge in [-0.15, -0.1) is 0 Å². The number of carbonyl (C=O) groups excluding carboxylic acids is 1. The molecule has 0 radical (unpaired) electrons. The number of para-hydroxylation sites is 1. The first kappa shape index (κ1) is 18.1. The molecule has 0 aliphatic carbocycles. The van der Waals surface area contributed by atoms with Gasteiger partial charge in [-0.05, 0) is 59.6 Å². The Kier molecular flexibility index (Phi) is 4.58. The van der Waals surface area contributed by atoms with Gasteiger partial charge in [0.2, 0.25) is 0 Å². The first-order valence-corrected chi connectivity index (χ1v) is 9.61. The maximum Gasteiger partial charge on any atom is 0.260 e. The second-order valence-electron chi connectivity index (χ2n) is 6.36. The molecule has 1 aromatic heterocycles. The third-order valence-corrected chi connectivity index (χ3v) is 5.31. The molecule has 1 aliphatic rings. The largest absolute Gasteiger partial charge is 0.768 e. The number of carbonyl (C=O) groups is 1.